The zero-order valence-corrected chi connectivity index (χ0v) is 13.3. The Bertz CT molecular complexity index is 859. The number of halogens is 1. The lowest BCUT2D eigenvalue weighted by Crippen LogP contribution is -2.03. The van der Waals surface area contributed by atoms with Gasteiger partial charge in [-0.3, -0.25) is 0 Å². The van der Waals surface area contributed by atoms with Crippen LogP contribution in [0.1, 0.15) is 18.5 Å². The van der Waals surface area contributed by atoms with E-state index in [1.807, 2.05) is 35.0 Å². The van der Waals surface area contributed by atoms with Gasteiger partial charge in [0.15, 0.2) is 11.5 Å². The largest absolute Gasteiger partial charge is 0.465 e. The fraction of sp³-hybridized carbons (Fsp3) is 0.118. The third kappa shape index (κ3) is 2.48. The maximum atomic E-state index is 5.98. The van der Waals surface area contributed by atoms with Crippen LogP contribution in [0.5, 0.6) is 0 Å². The topological polar surface area (TPSA) is 35.8 Å². The second kappa shape index (κ2) is 5.50. The Morgan fingerprint density at radius 1 is 1.23 bits per heavy atom. The highest BCUT2D eigenvalue weighted by molar-refractivity contribution is 9.10. The number of hydrogen-bond donors (Lipinski definition) is 0. The SMILES string of the molecule is Brc1ccn2cc(C3=COC=C(C4=CC=CCC4)O3)nc2c1. The second-order valence-corrected chi connectivity index (χ2v) is 6.01. The number of aromatic nitrogens is 2. The molecule has 1 aliphatic carbocycles. The molecule has 2 aliphatic rings. The molecule has 110 valence electrons. The molecule has 4 rings (SSSR count). The molecule has 1 aliphatic heterocycles. The molecular weight excluding hydrogens is 344 g/mol. The number of imidazole rings is 1. The molecule has 0 bridgehead atoms. The molecule has 0 saturated heterocycles. The molecule has 2 aromatic heterocycles. The molecule has 0 spiro atoms. The van der Waals surface area contributed by atoms with Crippen molar-refractivity contribution in [2.45, 2.75) is 12.8 Å². The fourth-order valence-corrected chi connectivity index (χ4v) is 2.78. The Morgan fingerprint density at radius 2 is 2.14 bits per heavy atom. The summed E-state index contributed by atoms with van der Waals surface area (Å²) in [4.78, 5) is 4.58. The van der Waals surface area contributed by atoms with Gasteiger partial charge in [-0.25, -0.2) is 4.98 Å². The van der Waals surface area contributed by atoms with Gasteiger partial charge in [0.1, 0.15) is 23.9 Å². The van der Waals surface area contributed by atoms with Gasteiger partial charge >= 0.3 is 0 Å². The Morgan fingerprint density at radius 3 is 3.00 bits per heavy atom. The van der Waals surface area contributed by atoms with Crippen molar-refractivity contribution < 1.29 is 9.47 Å². The standard InChI is InChI=1S/C17H13BrN2O2/c18-13-6-7-20-9-14(19-17(20)8-13)16-11-21-10-15(22-16)12-4-2-1-3-5-12/h1-2,4,6-11H,3,5H2. The lowest BCUT2D eigenvalue weighted by atomic mass is 10.0. The van der Waals surface area contributed by atoms with E-state index in [1.165, 1.54) is 0 Å². The van der Waals surface area contributed by atoms with Crippen molar-refractivity contribution >= 4 is 27.3 Å². The summed E-state index contributed by atoms with van der Waals surface area (Å²) < 4.78 is 14.4. The van der Waals surface area contributed by atoms with E-state index in [-0.39, 0.29) is 0 Å². The molecule has 0 amide bonds. The van der Waals surface area contributed by atoms with E-state index >= 15 is 0 Å². The van der Waals surface area contributed by atoms with E-state index in [1.54, 1.807) is 12.5 Å². The van der Waals surface area contributed by atoms with Crippen molar-refractivity contribution in [2.24, 2.45) is 0 Å². The molecule has 0 radical (unpaired) electrons. The van der Waals surface area contributed by atoms with Crippen LogP contribution in [0.2, 0.25) is 0 Å². The van der Waals surface area contributed by atoms with Crippen molar-refractivity contribution in [3.05, 3.63) is 76.8 Å². The minimum atomic E-state index is 0.618. The Labute approximate surface area is 136 Å². The molecule has 0 aromatic carbocycles. The number of rotatable bonds is 2. The van der Waals surface area contributed by atoms with Crippen molar-refractivity contribution in [3.8, 4) is 0 Å². The summed E-state index contributed by atoms with van der Waals surface area (Å²) >= 11 is 3.45. The van der Waals surface area contributed by atoms with E-state index in [4.69, 9.17) is 9.47 Å². The fourth-order valence-electron chi connectivity index (χ4n) is 2.46. The molecular formula is C17H13BrN2O2. The lowest BCUT2D eigenvalue weighted by Gasteiger charge is -2.18. The molecule has 0 unspecified atom stereocenters. The van der Waals surface area contributed by atoms with Crippen LogP contribution >= 0.6 is 15.9 Å². The van der Waals surface area contributed by atoms with E-state index < -0.39 is 0 Å². The normalized spacial score (nSPS) is 17.4. The maximum absolute atomic E-state index is 5.98. The van der Waals surface area contributed by atoms with Crippen molar-refractivity contribution in [3.63, 3.8) is 0 Å². The van der Waals surface area contributed by atoms with Crippen LogP contribution in [0.3, 0.4) is 0 Å². The highest BCUT2D eigenvalue weighted by atomic mass is 79.9. The van der Waals surface area contributed by atoms with Gasteiger partial charge in [-0.2, -0.15) is 0 Å². The van der Waals surface area contributed by atoms with Crippen LogP contribution < -0.4 is 0 Å². The van der Waals surface area contributed by atoms with Crippen LogP contribution in [0.25, 0.3) is 11.4 Å². The predicted octanol–water partition coefficient (Wildman–Crippen LogP) is 4.56. The van der Waals surface area contributed by atoms with E-state index in [2.05, 4.69) is 33.1 Å². The summed E-state index contributed by atoms with van der Waals surface area (Å²) in [7, 11) is 0. The van der Waals surface area contributed by atoms with Crippen molar-refractivity contribution in [2.75, 3.05) is 0 Å². The van der Waals surface area contributed by atoms with Gasteiger partial charge in [-0.15, -0.1) is 0 Å². The molecule has 0 N–H and O–H groups in total. The van der Waals surface area contributed by atoms with Gasteiger partial charge in [0, 0.05) is 16.9 Å². The molecule has 0 fully saturated rings. The molecule has 0 atom stereocenters. The lowest BCUT2D eigenvalue weighted by molar-refractivity contribution is 0.284. The van der Waals surface area contributed by atoms with Gasteiger partial charge in [0.2, 0.25) is 0 Å². The van der Waals surface area contributed by atoms with Gasteiger partial charge < -0.3 is 13.9 Å². The number of fused-ring (bicyclic) bond motifs is 1. The van der Waals surface area contributed by atoms with Gasteiger partial charge in [-0.1, -0.05) is 34.2 Å². The summed E-state index contributed by atoms with van der Waals surface area (Å²) in [5.41, 5.74) is 2.74. The summed E-state index contributed by atoms with van der Waals surface area (Å²) in [6, 6.07) is 3.93. The molecule has 2 aromatic rings. The molecule has 5 heteroatoms. The Balaban J connectivity index is 1.63. The Kier molecular flexibility index (Phi) is 3.35. The monoisotopic (exact) mass is 356 g/mol. The van der Waals surface area contributed by atoms with Gasteiger partial charge in [-0.05, 0) is 30.5 Å². The van der Waals surface area contributed by atoms with E-state index in [0.717, 1.165) is 40.0 Å². The number of allylic oxidation sites excluding steroid dienone is 4. The average molecular weight is 357 g/mol. The Hall–Kier alpha value is -2.27. The second-order valence-electron chi connectivity index (χ2n) is 5.10. The smallest absolute Gasteiger partial charge is 0.189 e. The average Bonchev–Trinajstić information content (AvgIpc) is 2.99. The van der Waals surface area contributed by atoms with E-state index in [9.17, 15) is 0 Å². The summed E-state index contributed by atoms with van der Waals surface area (Å²) in [6.45, 7) is 0. The predicted molar refractivity (Wildman–Crippen MR) is 87.6 cm³/mol. The van der Waals surface area contributed by atoms with Crippen LogP contribution in [0.15, 0.2) is 71.1 Å². The number of ether oxygens (including phenoxy) is 2. The quantitative estimate of drug-likeness (QED) is 0.791. The molecule has 3 heterocycles. The summed E-state index contributed by atoms with van der Waals surface area (Å²) in [5, 5.41) is 0. The van der Waals surface area contributed by atoms with Crippen LogP contribution in [0, 0.1) is 0 Å². The first-order valence-electron chi connectivity index (χ1n) is 7.04. The third-order valence-corrected chi connectivity index (χ3v) is 4.07. The first-order valence-corrected chi connectivity index (χ1v) is 7.83. The van der Waals surface area contributed by atoms with Gasteiger partial charge in [0.05, 0.1) is 0 Å². The number of pyridine rings is 1. The molecule has 4 nitrogen and oxygen atoms in total. The van der Waals surface area contributed by atoms with Gasteiger partial charge in [0.25, 0.3) is 0 Å². The minimum absolute atomic E-state index is 0.618. The van der Waals surface area contributed by atoms with E-state index in [0.29, 0.717) is 5.76 Å². The van der Waals surface area contributed by atoms with Crippen molar-refractivity contribution in [1.29, 1.82) is 0 Å². The van der Waals surface area contributed by atoms with Crippen LogP contribution in [-0.4, -0.2) is 9.38 Å². The first kappa shape index (κ1) is 13.4. The highest BCUT2D eigenvalue weighted by Crippen LogP contribution is 2.30. The summed E-state index contributed by atoms with van der Waals surface area (Å²) in [5.74, 6) is 1.37. The molecule has 22 heavy (non-hydrogen) atoms. The number of nitrogens with zero attached hydrogens (tertiary/aromatic N) is 2. The summed E-state index contributed by atoms with van der Waals surface area (Å²) in [6.07, 6.45) is 15.3. The zero-order chi connectivity index (χ0) is 14.9. The minimum Gasteiger partial charge on any atom is -0.465 e. The zero-order valence-electron chi connectivity index (χ0n) is 11.7. The third-order valence-electron chi connectivity index (χ3n) is 3.58. The van der Waals surface area contributed by atoms with Crippen molar-refractivity contribution in [1.82, 2.24) is 9.38 Å². The number of hydrogen-bond acceptors (Lipinski definition) is 3. The first-order chi connectivity index (χ1) is 10.8. The highest BCUT2D eigenvalue weighted by Gasteiger charge is 2.18. The van der Waals surface area contributed by atoms with Crippen LogP contribution in [0.4, 0.5) is 0 Å². The maximum Gasteiger partial charge on any atom is 0.189 e. The molecule has 0 saturated carbocycles. The van der Waals surface area contributed by atoms with Crippen LogP contribution in [-0.2, 0) is 9.47 Å².